The lowest BCUT2D eigenvalue weighted by Gasteiger charge is -2.18. The van der Waals surface area contributed by atoms with Gasteiger partial charge in [-0.2, -0.15) is 10.1 Å². The van der Waals surface area contributed by atoms with Crippen LogP contribution in [0.5, 0.6) is 0 Å². The Morgan fingerprint density at radius 3 is 2.75 bits per heavy atom. The summed E-state index contributed by atoms with van der Waals surface area (Å²) in [6.07, 6.45) is 1.39. The van der Waals surface area contributed by atoms with E-state index < -0.39 is 8.25 Å². The van der Waals surface area contributed by atoms with Crippen molar-refractivity contribution in [2.24, 2.45) is 5.10 Å². The van der Waals surface area contributed by atoms with E-state index >= 15 is 0 Å². The second-order valence-corrected chi connectivity index (χ2v) is 8.34. The third-order valence-corrected chi connectivity index (χ3v) is 5.69. The third-order valence-electron chi connectivity index (χ3n) is 5.24. The first-order chi connectivity index (χ1) is 15.6. The van der Waals surface area contributed by atoms with Gasteiger partial charge in [0.25, 0.3) is 5.89 Å². The second kappa shape index (κ2) is 10.7. The van der Waals surface area contributed by atoms with Crippen LogP contribution < -0.4 is 5.32 Å². The van der Waals surface area contributed by atoms with Crippen LogP contribution in [0.3, 0.4) is 0 Å². The molecule has 0 aliphatic carbocycles. The molecule has 1 aromatic heterocycles. The molecule has 2 unspecified atom stereocenters. The van der Waals surface area contributed by atoms with Crippen molar-refractivity contribution in [2.45, 2.75) is 25.4 Å². The molecule has 1 aliphatic rings. The zero-order valence-corrected chi connectivity index (χ0v) is 18.8. The fourth-order valence-electron chi connectivity index (χ4n) is 3.57. The highest BCUT2D eigenvalue weighted by molar-refractivity contribution is 7.32. The number of nitrogens with zero attached hydrogens (tertiary/aromatic N) is 4. The number of nitrogens with one attached hydrogen (secondary N) is 1. The summed E-state index contributed by atoms with van der Waals surface area (Å²) >= 11 is 0. The average Bonchev–Trinajstić information content (AvgIpc) is 3.44. The molecule has 10 heteroatoms. The van der Waals surface area contributed by atoms with Crippen molar-refractivity contribution in [3.63, 3.8) is 0 Å². The van der Waals surface area contributed by atoms with E-state index in [1.807, 2.05) is 54.5 Å². The molecule has 2 aromatic carbocycles. The van der Waals surface area contributed by atoms with Gasteiger partial charge in [0.05, 0.1) is 12.6 Å². The molecule has 0 radical (unpaired) electrons. The maximum absolute atomic E-state index is 10.5. The number of hydrogen-bond donors (Lipinski definition) is 2. The van der Waals surface area contributed by atoms with Crippen molar-refractivity contribution >= 4 is 14.0 Å². The van der Waals surface area contributed by atoms with Crippen LogP contribution in [0, 0.1) is 0 Å². The van der Waals surface area contributed by atoms with Gasteiger partial charge in [0, 0.05) is 25.6 Å². The highest BCUT2D eigenvalue weighted by Crippen LogP contribution is 2.31. The normalized spacial score (nSPS) is 16.9. The predicted molar refractivity (Wildman–Crippen MR) is 121 cm³/mol. The number of hydrogen-bond acceptors (Lipinski definition) is 8. The number of rotatable bonds is 10. The Morgan fingerprint density at radius 2 is 2.00 bits per heavy atom. The van der Waals surface area contributed by atoms with Gasteiger partial charge in [-0.25, -0.2) is 0 Å². The maximum atomic E-state index is 10.5. The molecule has 0 spiro atoms. The predicted octanol–water partition coefficient (Wildman–Crippen LogP) is 3.40. The van der Waals surface area contributed by atoms with Crippen molar-refractivity contribution < 1.29 is 18.5 Å². The molecule has 0 saturated heterocycles. The molecule has 1 aliphatic heterocycles. The summed E-state index contributed by atoms with van der Waals surface area (Å²) in [6, 6.07) is 18.4. The minimum atomic E-state index is -2.83. The molecule has 4 rings (SSSR count). The van der Waals surface area contributed by atoms with Gasteiger partial charge in [0.1, 0.15) is 5.71 Å². The lowest BCUT2D eigenvalue weighted by Crippen LogP contribution is -2.15. The Bertz CT molecular complexity index is 1070. The molecule has 2 N–H and O–H groups in total. The SMILES string of the molecule is CN1N=C(c2nc(-c3ccc(CNCCCO[PH](=O)O)cc3)no2)CC1c1ccccc1. The van der Waals surface area contributed by atoms with Crippen molar-refractivity contribution in [2.75, 3.05) is 20.2 Å². The monoisotopic (exact) mass is 455 g/mol. The van der Waals surface area contributed by atoms with Gasteiger partial charge < -0.3 is 19.3 Å². The van der Waals surface area contributed by atoms with Crippen LogP contribution in [0.2, 0.25) is 0 Å². The van der Waals surface area contributed by atoms with Gasteiger partial charge in [-0.05, 0) is 24.1 Å². The zero-order valence-electron chi connectivity index (χ0n) is 17.8. The van der Waals surface area contributed by atoms with Gasteiger partial charge >= 0.3 is 8.25 Å². The van der Waals surface area contributed by atoms with Crippen LogP contribution in [0.25, 0.3) is 11.4 Å². The minimum Gasteiger partial charge on any atom is -0.332 e. The topological polar surface area (TPSA) is 113 Å². The van der Waals surface area contributed by atoms with E-state index in [1.165, 1.54) is 5.56 Å². The van der Waals surface area contributed by atoms with Gasteiger partial charge in [-0.3, -0.25) is 9.57 Å². The molecule has 32 heavy (non-hydrogen) atoms. The molecule has 0 amide bonds. The summed E-state index contributed by atoms with van der Waals surface area (Å²) in [4.78, 5) is 13.2. The first-order valence-corrected chi connectivity index (χ1v) is 11.7. The molecular formula is C22H26N5O4P. The van der Waals surface area contributed by atoms with Gasteiger partial charge in [0.2, 0.25) is 5.82 Å². The number of aromatic nitrogens is 2. The van der Waals surface area contributed by atoms with Crippen molar-refractivity contribution in [1.82, 2.24) is 20.5 Å². The van der Waals surface area contributed by atoms with Gasteiger partial charge in [0.15, 0.2) is 0 Å². The van der Waals surface area contributed by atoms with Crippen molar-refractivity contribution in [3.8, 4) is 11.4 Å². The van der Waals surface area contributed by atoms with Crippen LogP contribution in [0.1, 0.15) is 35.9 Å². The van der Waals surface area contributed by atoms with E-state index in [0.29, 0.717) is 37.6 Å². The summed E-state index contributed by atoms with van der Waals surface area (Å²) in [5.74, 6) is 0.980. The number of hydrazone groups is 1. The Hall–Kier alpha value is -2.84. The molecule has 9 nitrogen and oxygen atoms in total. The minimum absolute atomic E-state index is 0.159. The number of benzene rings is 2. The van der Waals surface area contributed by atoms with Crippen molar-refractivity contribution in [3.05, 3.63) is 71.6 Å². The third kappa shape index (κ3) is 5.69. The molecule has 168 valence electrons. The fourth-order valence-corrected chi connectivity index (χ4v) is 3.89. The maximum Gasteiger partial charge on any atom is 0.316 e. The Morgan fingerprint density at radius 1 is 1.22 bits per heavy atom. The molecule has 2 heterocycles. The summed E-state index contributed by atoms with van der Waals surface area (Å²) in [5, 5.41) is 14.0. The smallest absolute Gasteiger partial charge is 0.316 e. The summed E-state index contributed by atoms with van der Waals surface area (Å²) in [7, 11) is -0.879. The lowest BCUT2D eigenvalue weighted by molar-refractivity contribution is 0.276. The molecule has 0 bridgehead atoms. The Balaban J connectivity index is 1.32. The standard InChI is InChI=1S/C22H26N5O4P/c1-27-20(17-6-3-2-4-7-17)14-19(25-27)22-24-21(26-31-22)18-10-8-16(9-11-18)15-23-12-5-13-30-32(28)29/h2-4,6-11,20,23,32H,5,12-15H2,1H3,(H,28,29). The largest absolute Gasteiger partial charge is 0.332 e. The molecular weight excluding hydrogens is 429 g/mol. The van der Waals surface area contributed by atoms with Crippen LogP contribution in [0.15, 0.2) is 64.2 Å². The first-order valence-electron chi connectivity index (χ1n) is 10.5. The van der Waals surface area contributed by atoms with Crippen LogP contribution >= 0.6 is 8.25 Å². The summed E-state index contributed by atoms with van der Waals surface area (Å²) < 4.78 is 20.6. The van der Waals surface area contributed by atoms with Crippen LogP contribution in [-0.4, -0.2) is 46.0 Å². The molecule has 0 fully saturated rings. The van der Waals surface area contributed by atoms with Crippen LogP contribution in [-0.2, 0) is 15.6 Å². The molecule has 2 atom stereocenters. The highest BCUT2D eigenvalue weighted by Gasteiger charge is 2.29. The van der Waals surface area contributed by atoms with E-state index in [2.05, 4.69) is 37.2 Å². The average molecular weight is 455 g/mol. The lowest BCUT2D eigenvalue weighted by atomic mass is 10.0. The van der Waals surface area contributed by atoms with E-state index in [9.17, 15) is 4.57 Å². The van der Waals surface area contributed by atoms with E-state index in [0.717, 1.165) is 16.8 Å². The highest BCUT2D eigenvalue weighted by atomic mass is 31.1. The quantitative estimate of drug-likeness (QED) is 0.353. The summed E-state index contributed by atoms with van der Waals surface area (Å²) in [6.45, 7) is 1.66. The van der Waals surface area contributed by atoms with E-state index in [-0.39, 0.29) is 12.6 Å². The van der Waals surface area contributed by atoms with Crippen LogP contribution in [0.4, 0.5) is 0 Å². The second-order valence-electron chi connectivity index (χ2n) is 7.52. The van der Waals surface area contributed by atoms with E-state index in [4.69, 9.17) is 9.42 Å². The van der Waals surface area contributed by atoms with E-state index in [1.54, 1.807) is 0 Å². The van der Waals surface area contributed by atoms with Gasteiger partial charge in [-0.15, -0.1) is 0 Å². The zero-order chi connectivity index (χ0) is 22.3. The summed E-state index contributed by atoms with van der Waals surface area (Å²) in [5.41, 5.74) is 3.98. The Kier molecular flexibility index (Phi) is 7.44. The molecule has 3 aromatic rings. The fraction of sp³-hybridized carbons (Fsp3) is 0.318. The van der Waals surface area contributed by atoms with Gasteiger partial charge in [-0.1, -0.05) is 59.8 Å². The van der Waals surface area contributed by atoms with Crippen molar-refractivity contribution in [1.29, 1.82) is 0 Å². The Labute approximate surface area is 187 Å². The first kappa shape index (κ1) is 22.4. The molecule has 0 saturated carbocycles.